The van der Waals surface area contributed by atoms with Gasteiger partial charge < -0.3 is 10.4 Å². The van der Waals surface area contributed by atoms with Crippen molar-refractivity contribution in [3.63, 3.8) is 0 Å². The molecular weight excluding hydrogens is 212 g/mol. The SMILES string of the molecule is CCN[C@@H](C)C(C)N1CCC[C@@H](C(C)(C)O)C1. The third-order valence-electron chi connectivity index (χ3n) is 4.28. The number of nitrogens with zero attached hydrogens (tertiary/aromatic N) is 1. The minimum absolute atomic E-state index is 0.410. The molecule has 3 nitrogen and oxygen atoms in total. The van der Waals surface area contributed by atoms with Crippen molar-refractivity contribution < 1.29 is 5.11 Å². The van der Waals surface area contributed by atoms with Crippen LogP contribution in [0.15, 0.2) is 0 Å². The van der Waals surface area contributed by atoms with Crippen molar-refractivity contribution in [1.82, 2.24) is 10.2 Å². The summed E-state index contributed by atoms with van der Waals surface area (Å²) in [4.78, 5) is 2.53. The summed E-state index contributed by atoms with van der Waals surface area (Å²) in [5.41, 5.74) is -0.542. The average Bonchev–Trinajstić information content (AvgIpc) is 2.27. The summed E-state index contributed by atoms with van der Waals surface area (Å²) < 4.78 is 0. The van der Waals surface area contributed by atoms with E-state index in [0.717, 1.165) is 19.5 Å². The summed E-state index contributed by atoms with van der Waals surface area (Å²) in [6, 6.07) is 1.06. The number of aliphatic hydroxyl groups is 1. The molecule has 1 fully saturated rings. The van der Waals surface area contributed by atoms with Crippen molar-refractivity contribution in [3.05, 3.63) is 0 Å². The van der Waals surface area contributed by atoms with Crippen molar-refractivity contribution >= 4 is 0 Å². The molecule has 0 saturated carbocycles. The quantitative estimate of drug-likeness (QED) is 0.772. The van der Waals surface area contributed by atoms with Crippen LogP contribution in [0.3, 0.4) is 0 Å². The first-order valence-electron chi connectivity index (χ1n) is 7.06. The van der Waals surface area contributed by atoms with Crippen molar-refractivity contribution in [3.8, 4) is 0 Å². The number of likely N-dealkylation sites (N-methyl/N-ethyl adjacent to an activating group) is 1. The lowest BCUT2D eigenvalue weighted by Gasteiger charge is -2.43. The van der Waals surface area contributed by atoms with E-state index in [1.54, 1.807) is 0 Å². The van der Waals surface area contributed by atoms with Crippen LogP contribution in [0.4, 0.5) is 0 Å². The lowest BCUT2D eigenvalue weighted by Crippen LogP contribution is -2.53. The molecular formula is C14H30N2O. The fraction of sp³-hybridized carbons (Fsp3) is 1.00. The summed E-state index contributed by atoms with van der Waals surface area (Å²) >= 11 is 0. The number of hydrogen-bond donors (Lipinski definition) is 2. The lowest BCUT2D eigenvalue weighted by atomic mass is 9.83. The van der Waals surface area contributed by atoms with Crippen LogP contribution in [-0.4, -0.2) is 47.3 Å². The van der Waals surface area contributed by atoms with Crippen LogP contribution < -0.4 is 5.32 Å². The molecule has 0 radical (unpaired) electrons. The molecule has 0 aromatic rings. The Hall–Kier alpha value is -0.120. The van der Waals surface area contributed by atoms with E-state index in [-0.39, 0.29) is 0 Å². The van der Waals surface area contributed by atoms with E-state index >= 15 is 0 Å². The summed E-state index contributed by atoms with van der Waals surface area (Å²) in [7, 11) is 0. The van der Waals surface area contributed by atoms with Gasteiger partial charge in [-0.05, 0) is 59.5 Å². The lowest BCUT2D eigenvalue weighted by molar-refractivity contribution is -0.0279. The topological polar surface area (TPSA) is 35.5 Å². The van der Waals surface area contributed by atoms with E-state index in [2.05, 4.69) is 31.0 Å². The fourth-order valence-electron chi connectivity index (χ4n) is 2.76. The predicted molar refractivity (Wildman–Crippen MR) is 73.2 cm³/mol. The molecule has 17 heavy (non-hydrogen) atoms. The Kier molecular flexibility index (Phi) is 5.42. The molecule has 0 aliphatic carbocycles. The summed E-state index contributed by atoms with van der Waals surface area (Å²) in [6.45, 7) is 13.8. The Morgan fingerprint density at radius 3 is 2.59 bits per heavy atom. The van der Waals surface area contributed by atoms with Crippen molar-refractivity contribution in [2.24, 2.45) is 5.92 Å². The van der Waals surface area contributed by atoms with Gasteiger partial charge in [-0.2, -0.15) is 0 Å². The third-order valence-corrected chi connectivity index (χ3v) is 4.28. The van der Waals surface area contributed by atoms with Gasteiger partial charge >= 0.3 is 0 Å². The van der Waals surface area contributed by atoms with Crippen LogP contribution in [0.5, 0.6) is 0 Å². The Bertz CT molecular complexity index is 225. The van der Waals surface area contributed by atoms with Gasteiger partial charge in [-0.15, -0.1) is 0 Å². The van der Waals surface area contributed by atoms with Gasteiger partial charge in [0.25, 0.3) is 0 Å². The molecule has 3 atom stereocenters. The van der Waals surface area contributed by atoms with Crippen molar-refractivity contribution in [2.75, 3.05) is 19.6 Å². The molecule has 0 spiro atoms. The highest BCUT2D eigenvalue weighted by Crippen LogP contribution is 2.28. The van der Waals surface area contributed by atoms with Crippen LogP contribution in [0.1, 0.15) is 47.5 Å². The zero-order chi connectivity index (χ0) is 13.1. The number of piperidine rings is 1. The van der Waals surface area contributed by atoms with Gasteiger partial charge in [-0.25, -0.2) is 0 Å². The molecule has 0 amide bonds. The van der Waals surface area contributed by atoms with Crippen molar-refractivity contribution in [1.29, 1.82) is 0 Å². The molecule has 1 saturated heterocycles. The minimum Gasteiger partial charge on any atom is -0.390 e. The second-order valence-corrected chi connectivity index (χ2v) is 6.07. The maximum absolute atomic E-state index is 10.1. The van der Waals surface area contributed by atoms with Gasteiger partial charge in [-0.3, -0.25) is 4.90 Å². The zero-order valence-electron chi connectivity index (χ0n) is 12.2. The molecule has 1 rings (SSSR count). The zero-order valence-corrected chi connectivity index (χ0v) is 12.2. The summed E-state index contributed by atoms with van der Waals surface area (Å²) in [5, 5.41) is 13.6. The van der Waals surface area contributed by atoms with Gasteiger partial charge in [-0.1, -0.05) is 6.92 Å². The van der Waals surface area contributed by atoms with E-state index in [0.29, 0.717) is 18.0 Å². The van der Waals surface area contributed by atoms with E-state index in [1.165, 1.54) is 13.0 Å². The molecule has 1 aliphatic heterocycles. The van der Waals surface area contributed by atoms with Crippen molar-refractivity contribution in [2.45, 2.75) is 65.1 Å². The first kappa shape index (κ1) is 14.9. The van der Waals surface area contributed by atoms with Gasteiger partial charge in [0.15, 0.2) is 0 Å². The van der Waals surface area contributed by atoms with Crippen LogP contribution in [-0.2, 0) is 0 Å². The average molecular weight is 242 g/mol. The molecule has 1 unspecified atom stereocenters. The second-order valence-electron chi connectivity index (χ2n) is 6.07. The fourth-order valence-corrected chi connectivity index (χ4v) is 2.76. The summed E-state index contributed by atoms with van der Waals surface area (Å²) in [5.74, 6) is 0.410. The van der Waals surface area contributed by atoms with Gasteiger partial charge in [0.1, 0.15) is 0 Å². The maximum atomic E-state index is 10.1. The first-order valence-corrected chi connectivity index (χ1v) is 7.06. The van der Waals surface area contributed by atoms with Gasteiger partial charge in [0.2, 0.25) is 0 Å². The Morgan fingerprint density at radius 2 is 2.06 bits per heavy atom. The first-order chi connectivity index (χ1) is 7.86. The smallest absolute Gasteiger partial charge is 0.0632 e. The largest absolute Gasteiger partial charge is 0.390 e. The summed E-state index contributed by atoms with van der Waals surface area (Å²) in [6.07, 6.45) is 2.36. The van der Waals surface area contributed by atoms with Gasteiger partial charge in [0, 0.05) is 18.6 Å². The molecule has 2 N–H and O–H groups in total. The number of likely N-dealkylation sites (tertiary alicyclic amines) is 1. The van der Waals surface area contributed by atoms with E-state index < -0.39 is 5.60 Å². The normalized spacial score (nSPS) is 26.8. The maximum Gasteiger partial charge on any atom is 0.0632 e. The highest BCUT2D eigenvalue weighted by atomic mass is 16.3. The van der Waals surface area contributed by atoms with Gasteiger partial charge in [0.05, 0.1) is 5.60 Å². The standard InChI is InChI=1S/C14H30N2O/c1-6-15-11(2)12(3)16-9-7-8-13(10-16)14(4,5)17/h11-13,15,17H,6-10H2,1-5H3/t11-,12?,13+/m0/s1. The minimum atomic E-state index is -0.542. The van der Waals surface area contributed by atoms with Crippen LogP contribution in [0.2, 0.25) is 0 Å². The number of nitrogens with one attached hydrogen (secondary N) is 1. The van der Waals surface area contributed by atoms with E-state index in [1.807, 2.05) is 13.8 Å². The van der Waals surface area contributed by atoms with E-state index in [9.17, 15) is 5.11 Å². The molecule has 0 aromatic carbocycles. The van der Waals surface area contributed by atoms with Crippen LogP contribution >= 0.6 is 0 Å². The van der Waals surface area contributed by atoms with Crippen LogP contribution in [0.25, 0.3) is 0 Å². The number of rotatable bonds is 5. The molecule has 0 aromatic heterocycles. The number of hydrogen-bond acceptors (Lipinski definition) is 3. The second kappa shape index (κ2) is 6.17. The molecule has 0 bridgehead atoms. The Balaban J connectivity index is 2.54. The third kappa shape index (κ3) is 4.23. The predicted octanol–water partition coefficient (Wildman–Crippen LogP) is 1.86. The molecule has 1 heterocycles. The van der Waals surface area contributed by atoms with E-state index in [4.69, 9.17) is 0 Å². The highest BCUT2D eigenvalue weighted by Gasteiger charge is 2.33. The highest BCUT2D eigenvalue weighted by molar-refractivity contribution is 4.88. The Labute approximate surface area is 107 Å². The molecule has 3 heteroatoms. The monoisotopic (exact) mass is 242 g/mol. The van der Waals surface area contributed by atoms with Crippen LogP contribution in [0, 0.1) is 5.92 Å². The molecule has 1 aliphatic rings. The molecule has 102 valence electrons. The Morgan fingerprint density at radius 1 is 1.41 bits per heavy atom.